The summed E-state index contributed by atoms with van der Waals surface area (Å²) in [7, 11) is 0. The molecule has 1 amide bonds. The Morgan fingerprint density at radius 1 is 1.42 bits per heavy atom. The quantitative estimate of drug-likeness (QED) is 0.819. The molecular weight excluding hydrogens is 238 g/mol. The van der Waals surface area contributed by atoms with Crippen molar-refractivity contribution in [1.82, 2.24) is 0 Å². The minimum atomic E-state index is -0.0698. The van der Waals surface area contributed by atoms with Crippen LogP contribution in [0.1, 0.15) is 38.2 Å². The number of hydrogen-bond donors (Lipinski definition) is 2. The van der Waals surface area contributed by atoms with Gasteiger partial charge in [0, 0.05) is 11.8 Å². The van der Waals surface area contributed by atoms with Crippen LogP contribution in [0.25, 0.3) is 0 Å². The molecule has 2 rings (SSSR count). The SMILES string of the molecule is CC1CCC(=CC(=O)Nc2cccc(CO)c2)CC1. The fraction of sp³-hybridized carbons (Fsp3) is 0.438. The summed E-state index contributed by atoms with van der Waals surface area (Å²) < 4.78 is 0. The Balaban J connectivity index is 1.95. The zero-order valence-corrected chi connectivity index (χ0v) is 11.4. The lowest BCUT2D eigenvalue weighted by atomic mass is 9.87. The van der Waals surface area contributed by atoms with Gasteiger partial charge in [-0.25, -0.2) is 0 Å². The fourth-order valence-electron chi connectivity index (χ4n) is 2.39. The summed E-state index contributed by atoms with van der Waals surface area (Å²) in [5.41, 5.74) is 2.78. The van der Waals surface area contributed by atoms with Gasteiger partial charge in [-0.05, 0) is 49.3 Å². The van der Waals surface area contributed by atoms with Crippen LogP contribution in [0, 0.1) is 5.92 Å². The molecule has 3 heteroatoms. The smallest absolute Gasteiger partial charge is 0.248 e. The Kier molecular flexibility index (Phi) is 4.74. The largest absolute Gasteiger partial charge is 0.392 e. The molecule has 0 atom stereocenters. The number of benzene rings is 1. The Morgan fingerprint density at radius 2 is 2.16 bits per heavy atom. The van der Waals surface area contributed by atoms with Crippen LogP contribution in [0.15, 0.2) is 35.9 Å². The molecule has 1 fully saturated rings. The van der Waals surface area contributed by atoms with Crippen LogP contribution in [0.4, 0.5) is 5.69 Å². The predicted molar refractivity (Wildman–Crippen MR) is 76.7 cm³/mol. The van der Waals surface area contributed by atoms with E-state index in [-0.39, 0.29) is 12.5 Å². The summed E-state index contributed by atoms with van der Waals surface area (Å²) >= 11 is 0. The summed E-state index contributed by atoms with van der Waals surface area (Å²) in [5.74, 6) is 0.709. The third kappa shape index (κ3) is 4.21. The molecule has 0 aliphatic heterocycles. The molecule has 1 aromatic rings. The molecule has 0 bridgehead atoms. The average molecular weight is 259 g/mol. The van der Waals surface area contributed by atoms with Gasteiger partial charge in [0.05, 0.1) is 6.61 Å². The first kappa shape index (κ1) is 13.8. The van der Waals surface area contributed by atoms with E-state index in [0.717, 1.165) is 30.0 Å². The van der Waals surface area contributed by atoms with Gasteiger partial charge in [0.15, 0.2) is 0 Å². The normalized spacial score (nSPS) is 19.1. The zero-order chi connectivity index (χ0) is 13.7. The summed E-state index contributed by atoms with van der Waals surface area (Å²) in [4.78, 5) is 11.9. The van der Waals surface area contributed by atoms with Gasteiger partial charge < -0.3 is 10.4 Å². The van der Waals surface area contributed by atoms with Gasteiger partial charge in [0.1, 0.15) is 0 Å². The van der Waals surface area contributed by atoms with Crippen LogP contribution in [0.2, 0.25) is 0 Å². The van der Waals surface area contributed by atoms with Gasteiger partial charge >= 0.3 is 0 Å². The number of anilines is 1. The van der Waals surface area contributed by atoms with Gasteiger partial charge in [0.2, 0.25) is 5.91 Å². The number of hydrogen-bond acceptors (Lipinski definition) is 2. The lowest BCUT2D eigenvalue weighted by molar-refractivity contribution is -0.112. The number of carbonyl (C=O) groups excluding carboxylic acids is 1. The highest BCUT2D eigenvalue weighted by molar-refractivity contribution is 5.99. The highest BCUT2D eigenvalue weighted by Gasteiger charge is 2.13. The number of aliphatic hydroxyl groups excluding tert-OH is 1. The van der Waals surface area contributed by atoms with Crippen molar-refractivity contribution < 1.29 is 9.90 Å². The molecule has 1 saturated carbocycles. The van der Waals surface area contributed by atoms with Crippen molar-refractivity contribution in [3.63, 3.8) is 0 Å². The monoisotopic (exact) mass is 259 g/mol. The van der Waals surface area contributed by atoms with Gasteiger partial charge in [-0.3, -0.25) is 4.79 Å². The molecule has 3 nitrogen and oxygen atoms in total. The molecule has 102 valence electrons. The highest BCUT2D eigenvalue weighted by atomic mass is 16.3. The molecule has 0 radical (unpaired) electrons. The molecule has 0 saturated heterocycles. The molecular formula is C16H21NO2. The molecule has 0 aromatic heterocycles. The van der Waals surface area contributed by atoms with Gasteiger partial charge in [-0.15, -0.1) is 0 Å². The number of rotatable bonds is 3. The number of carbonyl (C=O) groups is 1. The Morgan fingerprint density at radius 3 is 2.84 bits per heavy atom. The van der Waals surface area contributed by atoms with Crippen LogP contribution in [0.3, 0.4) is 0 Å². The molecule has 2 N–H and O–H groups in total. The van der Waals surface area contributed by atoms with Crippen molar-refractivity contribution in [3.8, 4) is 0 Å². The van der Waals surface area contributed by atoms with Gasteiger partial charge in [0.25, 0.3) is 0 Å². The minimum Gasteiger partial charge on any atom is -0.392 e. The average Bonchev–Trinajstić information content (AvgIpc) is 2.41. The number of nitrogens with one attached hydrogen (secondary N) is 1. The van der Waals surface area contributed by atoms with Crippen LogP contribution in [-0.2, 0) is 11.4 Å². The van der Waals surface area contributed by atoms with E-state index in [1.54, 1.807) is 12.1 Å². The molecule has 0 heterocycles. The molecule has 1 aliphatic carbocycles. The maximum absolute atomic E-state index is 11.9. The molecule has 1 aromatic carbocycles. The highest BCUT2D eigenvalue weighted by Crippen LogP contribution is 2.27. The van der Waals surface area contributed by atoms with Crippen LogP contribution in [0.5, 0.6) is 0 Å². The number of amides is 1. The van der Waals surface area contributed by atoms with Crippen molar-refractivity contribution >= 4 is 11.6 Å². The topological polar surface area (TPSA) is 49.3 Å². The molecule has 0 unspecified atom stereocenters. The fourth-order valence-corrected chi connectivity index (χ4v) is 2.39. The van der Waals surface area contributed by atoms with E-state index < -0.39 is 0 Å². The maximum atomic E-state index is 11.9. The second-order valence-corrected chi connectivity index (χ2v) is 5.33. The molecule has 19 heavy (non-hydrogen) atoms. The summed E-state index contributed by atoms with van der Waals surface area (Å²) in [6.07, 6.45) is 6.16. The van der Waals surface area contributed by atoms with E-state index in [1.807, 2.05) is 18.2 Å². The maximum Gasteiger partial charge on any atom is 0.248 e. The third-order valence-corrected chi connectivity index (χ3v) is 3.63. The van der Waals surface area contributed by atoms with Crippen molar-refractivity contribution in [2.75, 3.05) is 5.32 Å². The van der Waals surface area contributed by atoms with E-state index in [1.165, 1.54) is 18.4 Å². The van der Waals surface area contributed by atoms with Crippen LogP contribution in [-0.4, -0.2) is 11.0 Å². The first-order chi connectivity index (χ1) is 9.17. The van der Waals surface area contributed by atoms with E-state index in [2.05, 4.69) is 12.2 Å². The first-order valence-electron chi connectivity index (χ1n) is 6.87. The second-order valence-electron chi connectivity index (χ2n) is 5.33. The van der Waals surface area contributed by atoms with Crippen molar-refractivity contribution in [2.45, 2.75) is 39.2 Å². The summed E-state index contributed by atoms with van der Waals surface area (Å²) in [6.45, 7) is 2.25. The van der Waals surface area contributed by atoms with Crippen LogP contribution >= 0.6 is 0 Å². The van der Waals surface area contributed by atoms with Crippen LogP contribution < -0.4 is 5.32 Å². The zero-order valence-electron chi connectivity index (χ0n) is 11.4. The van der Waals surface area contributed by atoms with E-state index in [9.17, 15) is 4.79 Å². The lowest BCUT2D eigenvalue weighted by Gasteiger charge is -2.19. The molecule has 0 spiro atoms. The standard InChI is InChI=1S/C16H21NO2/c1-12-5-7-13(8-6-12)10-16(19)17-15-4-2-3-14(9-15)11-18/h2-4,9-10,12,18H,5-8,11H2,1H3,(H,17,19). The van der Waals surface area contributed by atoms with E-state index in [0.29, 0.717) is 0 Å². The van der Waals surface area contributed by atoms with E-state index >= 15 is 0 Å². The number of aliphatic hydroxyl groups is 1. The Bertz CT molecular complexity index is 469. The third-order valence-electron chi connectivity index (χ3n) is 3.63. The Hall–Kier alpha value is -1.61. The second kappa shape index (κ2) is 6.53. The first-order valence-corrected chi connectivity index (χ1v) is 6.87. The summed E-state index contributed by atoms with van der Waals surface area (Å²) in [6, 6.07) is 7.28. The van der Waals surface area contributed by atoms with Crippen molar-refractivity contribution in [1.29, 1.82) is 0 Å². The molecule has 1 aliphatic rings. The summed E-state index contributed by atoms with van der Waals surface area (Å²) in [5, 5.41) is 11.9. The minimum absolute atomic E-state index is 0.0112. The van der Waals surface area contributed by atoms with E-state index in [4.69, 9.17) is 5.11 Å². The van der Waals surface area contributed by atoms with Crippen molar-refractivity contribution in [2.24, 2.45) is 5.92 Å². The lowest BCUT2D eigenvalue weighted by Crippen LogP contribution is -2.11. The number of allylic oxidation sites excluding steroid dienone is 1. The van der Waals surface area contributed by atoms with Gasteiger partial charge in [-0.2, -0.15) is 0 Å². The predicted octanol–water partition coefficient (Wildman–Crippen LogP) is 3.25. The van der Waals surface area contributed by atoms with Gasteiger partial charge in [-0.1, -0.05) is 24.6 Å². The Labute approximate surface area is 114 Å². The van der Waals surface area contributed by atoms with Crippen molar-refractivity contribution in [3.05, 3.63) is 41.5 Å².